The third kappa shape index (κ3) is 4.31. The molecule has 0 amide bonds. The van der Waals surface area contributed by atoms with E-state index in [2.05, 4.69) is 43.4 Å². The van der Waals surface area contributed by atoms with Gasteiger partial charge in [-0.3, -0.25) is 0 Å². The number of rotatable bonds is 6. The van der Waals surface area contributed by atoms with Crippen molar-refractivity contribution in [2.24, 2.45) is 5.92 Å². The third-order valence-electron chi connectivity index (χ3n) is 2.48. The Balaban J connectivity index is 2.20. The minimum absolute atomic E-state index is 0.773. The van der Waals surface area contributed by atoms with Gasteiger partial charge >= 0.3 is 0 Å². The van der Waals surface area contributed by atoms with Crippen LogP contribution < -0.4 is 5.32 Å². The van der Waals surface area contributed by atoms with Crippen molar-refractivity contribution in [2.45, 2.75) is 33.1 Å². The minimum atomic E-state index is 0.773. The molecule has 0 aliphatic rings. The van der Waals surface area contributed by atoms with Gasteiger partial charge in [-0.1, -0.05) is 44.9 Å². The molecule has 0 aliphatic carbocycles. The summed E-state index contributed by atoms with van der Waals surface area (Å²) in [7, 11) is 0. The lowest BCUT2D eigenvalue weighted by Crippen LogP contribution is -2.10. The molecule has 0 heterocycles. The summed E-state index contributed by atoms with van der Waals surface area (Å²) in [5.74, 6) is 0.773. The van der Waals surface area contributed by atoms with Crippen LogP contribution in [0.5, 0.6) is 0 Å². The minimum Gasteiger partial charge on any atom is -0.385 e. The van der Waals surface area contributed by atoms with Gasteiger partial charge in [-0.25, -0.2) is 0 Å². The topological polar surface area (TPSA) is 12.0 Å². The fourth-order valence-electron chi connectivity index (χ4n) is 1.50. The lowest BCUT2D eigenvalue weighted by Gasteiger charge is -2.12. The molecule has 1 aromatic carbocycles. The second kappa shape index (κ2) is 6.47. The molecule has 0 saturated carbocycles. The van der Waals surface area contributed by atoms with Crippen molar-refractivity contribution >= 4 is 5.69 Å². The number of hydrogen-bond acceptors (Lipinski definition) is 1. The van der Waals surface area contributed by atoms with Crippen LogP contribution in [0.3, 0.4) is 0 Å². The third-order valence-corrected chi connectivity index (χ3v) is 2.48. The average molecular weight is 191 g/mol. The van der Waals surface area contributed by atoms with Gasteiger partial charge in [0.1, 0.15) is 0 Å². The standard InChI is InChI=1S/C13H21N/c1-3-4-8-12(2)11-14-13-9-6-5-7-10-13/h5-7,9-10,12,14H,3-4,8,11H2,1-2H3. The van der Waals surface area contributed by atoms with E-state index in [1.807, 2.05) is 6.07 Å². The summed E-state index contributed by atoms with van der Waals surface area (Å²) in [6.45, 7) is 5.65. The highest BCUT2D eigenvalue weighted by Gasteiger charge is 2.00. The molecule has 78 valence electrons. The summed E-state index contributed by atoms with van der Waals surface area (Å²) in [6.07, 6.45) is 3.98. The van der Waals surface area contributed by atoms with E-state index in [1.54, 1.807) is 0 Å². The molecule has 0 aliphatic heterocycles. The summed E-state index contributed by atoms with van der Waals surface area (Å²) in [4.78, 5) is 0. The number of unbranched alkanes of at least 4 members (excludes halogenated alkanes) is 1. The molecule has 1 rings (SSSR count). The highest BCUT2D eigenvalue weighted by molar-refractivity contribution is 5.42. The average Bonchev–Trinajstić information content (AvgIpc) is 2.25. The second-order valence-corrected chi connectivity index (χ2v) is 3.99. The number of anilines is 1. The maximum absolute atomic E-state index is 3.45. The Morgan fingerprint density at radius 2 is 1.93 bits per heavy atom. The monoisotopic (exact) mass is 191 g/mol. The first-order valence-corrected chi connectivity index (χ1v) is 5.62. The van der Waals surface area contributed by atoms with Gasteiger partial charge in [-0.15, -0.1) is 0 Å². The summed E-state index contributed by atoms with van der Waals surface area (Å²) in [6, 6.07) is 10.4. The molecule has 0 aromatic heterocycles. The SMILES string of the molecule is CCCCC(C)CNc1ccccc1. The molecule has 0 saturated heterocycles. The summed E-state index contributed by atoms with van der Waals surface area (Å²) in [5, 5.41) is 3.45. The van der Waals surface area contributed by atoms with Crippen LogP contribution in [0.15, 0.2) is 30.3 Å². The fraction of sp³-hybridized carbons (Fsp3) is 0.538. The van der Waals surface area contributed by atoms with Crippen molar-refractivity contribution < 1.29 is 0 Å². The van der Waals surface area contributed by atoms with Crippen molar-refractivity contribution in [1.29, 1.82) is 0 Å². The molecule has 1 atom stereocenters. The van der Waals surface area contributed by atoms with E-state index in [0.717, 1.165) is 12.5 Å². The molecular formula is C13H21N. The number of para-hydroxylation sites is 1. The van der Waals surface area contributed by atoms with E-state index < -0.39 is 0 Å². The van der Waals surface area contributed by atoms with Crippen molar-refractivity contribution in [2.75, 3.05) is 11.9 Å². The number of nitrogens with one attached hydrogen (secondary N) is 1. The Morgan fingerprint density at radius 3 is 2.57 bits per heavy atom. The van der Waals surface area contributed by atoms with Crippen LogP contribution in [0.25, 0.3) is 0 Å². The highest BCUT2D eigenvalue weighted by Crippen LogP contribution is 2.10. The predicted molar refractivity (Wildman–Crippen MR) is 63.6 cm³/mol. The van der Waals surface area contributed by atoms with Crippen LogP contribution in [-0.2, 0) is 0 Å². The van der Waals surface area contributed by atoms with Gasteiger partial charge in [0, 0.05) is 12.2 Å². The van der Waals surface area contributed by atoms with Gasteiger partial charge in [0.15, 0.2) is 0 Å². The Morgan fingerprint density at radius 1 is 1.21 bits per heavy atom. The first-order chi connectivity index (χ1) is 6.83. The van der Waals surface area contributed by atoms with E-state index in [1.165, 1.54) is 24.9 Å². The Kier molecular flexibility index (Phi) is 5.13. The van der Waals surface area contributed by atoms with Crippen molar-refractivity contribution in [3.63, 3.8) is 0 Å². The highest BCUT2D eigenvalue weighted by atomic mass is 14.9. The van der Waals surface area contributed by atoms with Gasteiger partial charge in [0.2, 0.25) is 0 Å². The molecule has 0 fully saturated rings. The smallest absolute Gasteiger partial charge is 0.0340 e. The largest absolute Gasteiger partial charge is 0.385 e. The quantitative estimate of drug-likeness (QED) is 0.718. The van der Waals surface area contributed by atoms with Gasteiger partial charge in [0.25, 0.3) is 0 Å². The van der Waals surface area contributed by atoms with Crippen LogP contribution >= 0.6 is 0 Å². The van der Waals surface area contributed by atoms with Crippen molar-refractivity contribution in [3.05, 3.63) is 30.3 Å². The molecule has 1 aromatic rings. The van der Waals surface area contributed by atoms with Crippen LogP contribution in [0.4, 0.5) is 5.69 Å². The van der Waals surface area contributed by atoms with E-state index in [4.69, 9.17) is 0 Å². The van der Waals surface area contributed by atoms with Gasteiger partial charge in [-0.05, 0) is 24.5 Å². The van der Waals surface area contributed by atoms with Crippen LogP contribution in [0, 0.1) is 5.92 Å². The first kappa shape index (κ1) is 11.1. The summed E-state index contributed by atoms with van der Waals surface area (Å²) >= 11 is 0. The zero-order chi connectivity index (χ0) is 10.2. The van der Waals surface area contributed by atoms with Crippen LogP contribution in [0.1, 0.15) is 33.1 Å². The predicted octanol–water partition coefficient (Wildman–Crippen LogP) is 3.92. The van der Waals surface area contributed by atoms with Crippen molar-refractivity contribution in [3.8, 4) is 0 Å². The molecular weight excluding hydrogens is 170 g/mol. The maximum atomic E-state index is 3.45. The van der Waals surface area contributed by atoms with E-state index in [9.17, 15) is 0 Å². The molecule has 1 N–H and O–H groups in total. The van der Waals surface area contributed by atoms with Gasteiger partial charge in [-0.2, -0.15) is 0 Å². The Labute approximate surface area is 87.5 Å². The molecule has 0 spiro atoms. The number of hydrogen-bond donors (Lipinski definition) is 1. The van der Waals surface area contributed by atoms with Crippen LogP contribution in [0.2, 0.25) is 0 Å². The van der Waals surface area contributed by atoms with E-state index in [-0.39, 0.29) is 0 Å². The molecule has 0 bridgehead atoms. The molecule has 14 heavy (non-hydrogen) atoms. The zero-order valence-electron chi connectivity index (χ0n) is 9.29. The summed E-state index contributed by atoms with van der Waals surface area (Å²) < 4.78 is 0. The number of benzene rings is 1. The molecule has 1 unspecified atom stereocenters. The Hall–Kier alpha value is -0.980. The maximum Gasteiger partial charge on any atom is 0.0340 e. The molecule has 0 radical (unpaired) electrons. The second-order valence-electron chi connectivity index (χ2n) is 3.99. The van der Waals surface area contributed by atoms with Gasteiger partial charge < -0.3 is 5.32 Å². The first-order valence-electron chi connectivity index (χ1n) is 5.62. The van der Waals surface area contributed by atoms with Gasteiger partial charge in [0.05, 0.1) is 0 Å². The summed E-state index contributed by atoms with van der Waals surface area (Å²) in [5.41, 5.74) is 1.23. The fourth-order valence-corrected chi connectivity index (χ4v) is 1.50. The zero-order valence-corrected chi connectivity index (χ0v) is 9.29. The van der Waals surface area contributed by atoms with E-state index >= 15 is 0 Å². The van der Waals surface area contributed by atoms with E-state index in [0.29, 0.717) is 0 Å². The Bertz CT molecular complexity index is 230. The normalized spacial score (nSPS) is 12.4. The lowest BCUT2D eigenvalue weighted by atomic mass is 10.0. The lowest BCUT2D eigenvalue weighted by molar-refractivity contribution is 0.528. The van der Waals surface area contributed by atoms with Crippen LogP contribution in [-0.4, -0.2) is 6.54 Å². The van der Waals surface area contributed by atoms with Crippen molar-refractivity contribution in [1.82, 2.24) is 0 Å². The molecule has 1 nitrogen and oxygen atoms in total. The molecule has 1 heteroatoms.